The van der Waals surface area contributed by atoms with E-state index in [1.54, 1.807) is 0 Å². The second-order valence-corrected chi connectivity index (χ2v) is 10.5. The zero-order valence-corrected chi connectivity index (χ0v) is 21.4. The van der Waals surface area contributed by atoms with Crippen molar-refractivity contribution in [2.45, 2.75) is 74.9 Å². The summed E-state index contributed by atoms with van der Waals surface area (Å²) in [5, 5.41) is 11.8. The first-order valence-corrected chi connectivity index (χ1v) is 12.9. The maximum atomic E-state index is 14.0. The van der Waals surface area contributed by atoms with Gasteiger partial charge in [-0.15, -0.1) is 0 Å². The quantitative estimate of drug-likeness (QED) is 0.385. The predicted octanol–water partition coefficient (Wildman–Crippen LogP) is 5.49. The molecule has 2 atom stereocenters. The molecule has 7 nitrogen and oxygen atoms in total. The largest absolute Gasteiger partial charge is 0.481 e. The highest BCUT2D eigenvalue weighted by molar-refractivity contribution is 5.92. The number of nitrogens with zero attached hydrogens (tertiary/aromatic N) is 3. The minimum absolute atomic E-state index is 0.0213. The van der Waals surface area contributed by atoms with E-state index in [1.165, 1.54) is 17.0 Å². The Bertz CT molecular complexity index is 1230. The lowest BCUT2D eigenvalue weighted by molar-refractivity contribution is -0.138. The molecule has 1 saturated carbocycles. The fourth-order valence-electron chi connectivity index (χ4n) is 5.35. The number of aliphatic carboxylic acids is 1. The van der Waals surface area contributed by atoms with Gasteiger partial charge in [0.15, 0.2) is 0 Å². The molecule has 0 bridgehead atoms. The molecule has 2 heterocycles. The molecule has 1 aliphatic carbocycles. The van der Waals surface area contributed by atoms with Crippen LogP contribution in [0.2, 0.25) is 0 Å². The van der Waals surface area contributed by atoms with Gasteiger partial charge < -0.3 is 15.0 Å². The first-order chi connectivity index (χ1) is 18.6. The van der Waals surface area contributed by atoms with Gasteiger partial charge in [-0.2, -0.15) is 13.2 Å². The molecule has 2 fully saturated rings. The normalized spacial score (nSPS) is 21.7. The van der Waals surface area contributed by atoms with Crippen LogP contribution in [0.3, 0.4) is 0 Å². The number of hydrogen-bond donors (Lipinski definition) is 2. The molecule has 14 heteroatoms. The van der Waals surface area contributed by atoms with Crippen LogP contribution in [0.15, 0.2) is 30.5 Å². The van der Waals surface area contributed by atoms with Crippen molar-refractivity contribution in [3.8, 4) is 5.69 Å². The Kier molecular flexibility index (Phi) is 8.48. The smallest absolute Gasteiger partial charge is 0.418 e. The van der Waals surface area contributed by atoms with Gasteiger partial charge in [-0.05, 0) is 37.9 Å². The molecular formula is C26H29F7N4O3. The fraction of sp³-hybridized carbons (Fsp3) is 0.577. The van der Waals surface area contributed by atoms with Gasteiger partial charge in [0.05, 0.1) is 24.2 Å². The van der Waals surface area contributed by atoms with Gasteiger partial charge in [0, 0.05) is 44.0 Å². The number of likely N-dealkylation sites (tertiary alicyclic amines) is 1. The number of benzene rings is 1. The molecule has 0 radical (unpaired) electrons. The van der Waals surface area contributed by atoms with Crippen molar-refractivity contribution in [2.75, 3.05) is 19.6 Å². The number of hydrogen-bond acceptors (Lipinski definition) is 4. The molecule has 2 aromatic rings. The molecule has 1 aliphatic heterocycles. The third-order valence-electron chi connectivity index (χ3n) is 7.23. The maximum absolute atomic E-state index is 14.0. The van der Waals surface area contributed by atoms with Gasteiger partial charge in [0.1, 0.15) is 11.5 Å². The van der Waals surface area contributed by atoms with E-state index in [0.29, 0.717) is 6.54 Å². The number of piperidine rings is 1. The minimum Gasteiger partial charge on any atom is -0.481 e. The number of aromatic nitrogens is 2. The van der Waals surface area contributed by atoms with E-state index in [0.717, 1.165) is 22.9 Å². The maximum Gasteiger partial charge on any atom is 0.418 e. The summed E-state index contributed by atoms with van der Waals surface area (Å²) in [6.07, 6.45) is -5.43. The fourth-order valence-corrected chi connectivity index (χ4v) is 5.35. The van der Waals surface area contributed by atoms with Gasteiger partial charge >= 0.3 is 12.1 Å². The van der Waals surface area contributed by atoms with Gasteiger partial charge in [0.25, 0.3) is 11.8 Å². The molecular weight excluding hydrogens is 549 g/mol. The van der Waals surface area contributed by atoms with Crippen molar-refractivity contribution in [3.63, 3.8) is 0 Å². The average molecular weight is 579 g/mol. The minimum atomic E-state index is -4.78. The number of amides is 1. The Balaban J connectivity index is 1.60. The van der Waals surface area contributed by atoms with Gasteiger partial charge in [0.2, 0.25) is 5.92 Å². The highest BCUT2D eigenvalue weighted by Crippen LogP contribution is 2.45. The predicted molar refractivity (Wildman–Crippen MR) is 129 cm³/mol. The molecule has 1 unspecified atom stereocenters. The Labute approximate surface area is 225 Å². The number of rotatable bonds is 9. The zero-order valence-electron chi connectivity index (χ0n) is 21.4. The summed E-state index contributed by atoms with van der Waals surface area (Å²) in [6.45, 7) is -0.00943. The lowest BCUT2D eigenvalue weighted by Crippen LogP contribution is -2.45. The topological polar surface area (TPSA) is 87.5 Å². The summed E-state index contributed by atoms with van der Waals surface area (Å²) in [6, 6.07) is 3.49. The second kappa shape index (κ2) is 11.4. The van der Waals surface area contributed by atoms with Crippen LogP contribution in [0.5, 0.6) is 0 Å². The Morgan fingerprint density at radius 1 is 1.12 bits per heavy atom. The number of nitrogens with one attached hydrogen (secondary N) is 1. The number of carboxylic acids is 1. The standard InChI is InChI=1S/C26H29F7N4O3/c27-24(28)9-6-16(13-24)22-35-19(14-37(22)20-5-2-1-4-18(20)26(31,32)33)23(40)34-17(12-21(38)39)7-11-36-10-3-8-25(29,30)15-36/h1-2,4-5,14,16-17H,3,6-13,15H2,(H,34,40)(H,38,39)/t16?,17-/m0/s1. The molecule has 40 heavy (non-hydrogen) atoms. The van der Waals surface area contributed by atoms with E-state index in [-0.39, 0.29) is 49.4 Å². The Morgan fingerprint density at radius 2 is 1.85 bits per heavy atom. The Hall–Kier alpha value is -3.16. The van der Waals surface area contributed by atoms with Crippen molar-refractivity contribution in [1.82, 2.24) is 19.8 Å². The number of para-hydroxylation sites is 1. The van der Waals surface area contributed by atoms with E-state index in [9.17, 15) is 45.4 Å². The van der Waals surface area contributed by atoms with Crippen molar-refractivity contribution in [2.24, 2.45) is 0 Å². The van der Waals surface area contributed by atoms with Crippen LogP contribution < -0.4 is 5.32 Å². The van der Waals surface area contributed by atoms with Crippen molar-refractivity contribution in [1.29, 1.82) is 0 Å². The van der Waals surface area contributed by atoms with E-state index in [1.807, 2.05) is 0 Å². The van der Waals surface area contributed by atoms with Crippen molar-refractivity contribution < 1.29 is 45.4 Å². The third kappa shape index (κ3) is 7.32. The number of carbonyl (C=O) groups is 2. The first kappa shape index (κ1) is 29.8. The summed E-state index contributed by atoms with van der Waals surface area (Å²) < 4.78 is 97.8. The summed E-state index contributed by atoms with van der Waals surface area (Å²) >= 11 is 0. The van der Waals surface area contributed by atoms with E-state index >= 15 is 0 Å². The zero-order chi connectivity index (χ0) is 29.3. The van der Waals surface area contributed by atoms with Crippen LogP contribution in [-0.4, -0.2) is 69.0 Å². The summed E-state index contributed by atoms with van der Waals surface area (Å²) in [4.78, 5) is 30.2. The molecule has 1 amide bonds. The van der Waals surface area contributed by atoms with E-state index in [4.69, 9.17) is 0 Å². The van der Waals surface area contributed by atoms with Crippen LogP contribution in [0, 0.1) is 0 Å². The lowest BCUT2D eigenvalue weighted by Gasteiger charge is -2.33. The first-order valence-electron chi connectivity index (χ1n) is 12.9. The SMILES string of the molecule is O=C(O)C[C@H](CCN1CCCC(F)(F)C1)NC(=O)c1cn(-c2ccccc2C(F)(F)F)c(C2CCC(F)(F)C2)n1. The van der Waals surface area contributed by atoms with Gasteiger partial charge in [-0.25, -0.2) is 22.5 Å². The average Bonchev–Trinajstić information content (AvgIpc) is 3.44. The third-order valence-corrected chi connectivity index (χ3v) is 7.23. The Morgan fingerprint density at radius 3 is 2.48 bits per heavy atom. The number of carboxylic acid groups (broad SMARTS) is 1. The number of carbonyl (C=O) groups excluding carboxylic acids is 1. The van der Waals surface area contributed by atoms with Crippen LogP contribution in [0.25, 0.3) is 5.69 Å². The monoisotopic (exact) mass is 578 g/mol. The second-order valence-electron chi connectivity index (χ2n) is 10.5. The van der Waals surface area contributed by atoms with Crippen LogP contribution in [0.1, 0.15) is 72.7 Å². The molecule has 1 saturated heterocycles. The molecule has 2 aliphatic rings. The molecule has 220 valence electrons. The summed E-state index contributed by atoms with van der Waals surface area (Å²) in [5.41, 5.74) is -1.81. The highest BCUT2D eigenvalue weighted by Gasteiger charge is 2.43. The van der Waals surface area contributed by atoms with Crippen LogP contribution >= 0.6 is 0 Å². The molecule has 2 N–H and O–H groups in total. The molecule has 4 rings (SSSR count). The van der Waals surface area contributed by atoms with E-state index in [2.05, 4.69) is 10.3 Å². The summed E-state index contributed by atoms with van der Waals surface area (Å²) in [5.74, 6) is -9.13. The molecule has 1 aromatic carbocycles. The molecule has 1 aromatic heterocycles. The van der Waals surface area contributed by atoms with Crippen molar-refractivity contribution in [3.05, 3.63) is 47.5 Å². The number of halogens is 7. The van der Waals surface area contributed by atoms with Crippen LogP contribution in [-0.2, 0) is 11.0 Å². The molecule has 0 spiro atoms. The summed E-state index contributed by atoms with van der Waals surface area (Å²) in [7, 11) is 0. The lowest BCUT2D eigenvalue weighted by atomic mass is 10.1. The van der Waals surface area contributed by atoms with Gasteiger partial charge in [-0.3, -0.25) is 14.5 Å². The van der Waals surface area contributed by atoms with Crippen molar-refractivity contribution >= 4 is 11.9 Å². The van der Waals surface area contributed by atoms with Gasteiger partial charge in [-0.1, -0.05) is 12.1 Å². The number of alkyl halides is 7. The number of imidazole rings is 1. The van der Waals surface area contributed by atoms with Crippen LogP contribution in [0.4, 0.5) is 30.7 Å². The highest BCUT2D eigenvalue weighted by atomic mass is 19.4. The van der Waals surface area contributed by atoms with E-state index < -0.39 is 73.2 Å².